The molecule has 17 heavy (non-hydrogen) atoms. The van der Waals surface area contributed by atoms with Gasteiger partial charge in [-0.2, -0.15) is 4.39 Å². The summed E-state index contributed by atoms with van der Waals surface area (Å²) in [6.45, 7) is 0.320. The molecule has 1 aromatic heterocycles. The molecule has 0 bridgehead atoms. The molecule has 1 rings (SSSR count). The highest BCUT2D eigenvalue weighted by molar-refractivity contribution is 5.94. The van der Waals surface area contributed by atoms with Gasteiger partial charge in [0.05, 0.1) is 5.56 Å². The number of amides is 1. The van der Waals surface area contributed by atoms with E-state index in [-0.39, 0.29) is 12.0 Å². The SMILES string of the molecule is O=C(O)CCCCNC(=O)c1cccnc1F. The number of hydrogen-bond donors (Lipinski definition) is 2. The second-order valence-corrected chi connectivity index (χ2v) is 3.45. The van der Waals surface area contributed by atoms with Crippen molar-refractivity contribution in [2.75, 3.05) is 6.54 Å². The number of nitrogens with one attached hydrogen (secondary N) is 1. The van der Waals surface area contributed by atoms with Crippen LogP contribution in [0.4, 0.5) is 4.39 Å². The summed E-state index contributed by atoms with van der Waals surface area (Å²) in [7, 11) is 0. The quantitative estimate of drug-likeness (QED) is 0.578. The van der Waals surface area contributed by atoms with Gasteiger partial charge in [0.2, 0.25) is 5.95 Å². The molecule has 0 unspecified atom stereocenters. The van der Waals surface area contributed by atoms with Crippen molar-refractivity contribution < 1.29 is 19.1 Å². The van der Waals surface area contributed by atoms with E-state index < -0.39 is 17.8 Å². The van der Waals surface area contributed by atoms with Gasteiger partial charge in [-0.15, -0.1) is 0 Å². The Hall–Kier alpha value is -1.98. The van der Waals surface area contributed by atoms with E-state index in [4.69, 9.17) is 5.11 Å². The third-order valence-electron chi connectivity index (χ3n) is 2.11. The van der Waals surface area contributed by atoms with Crippen LogP contribution in [0.1, 0.15) is 29.6 Å². The standard InChI is InChI=1S/C11H13FN2O3/c12-10-8(4-3-7-13-10)11(17)14-6-2-1-5-9(15)16/h3-4,7H,1-2,5-6H2,(H,14,17)(H,15,16). The summed E-state index contributed by atoms with van der Waals surface area (Å²) in [6, 6.07) is 2.82. The Morgan fingerprint density at radius 3 is 2.82 bits per heavy atom. The van der Waals surface area contributed by atoms with E-state index in [0.29, 0.717) is 19.4 Å². The summed E-state index contributed by atoms with van der Waals surface area (Å²) in [4.78, 5) is 25.0. The molecule has 0 saturated carbocycles. The van der Waals surface area contributed by atoms with Crippen LogP contribution in [0.3, 0.4) is 0 Å². The highest BCUT2D eigenvalue weighted by atomic mass is 19.1. The average Bonchev–Trinajstić information content (AvgIpc) is 2.28. The number of unbranched alkanes of at least 4 members (excludes halogenated alkanes) is 1. The van der Waals surface area contributed by atoms with Crippen LogP contribution in [0.25, 0.3) is 0 Å². The number of nitrogens with zero attached hydrogens (tertiary/aromatic N) is 1. The molecule has 2 N–H and O–H groups in total. The van der Waals surface area contributed by atoms with Crippen LogP contribution in [0.5, 0.6) is 0 Å². The number of carbonyl (C=O) groups is 2. The zero-order valence-electron chi connectivity index (χ0n) is 9.15. The van der Waals surface area contributed by atoms with E-state index in [1.165, 1.54) is 18.3 Å². The third-order valence-corrected chi connectivity index (χ3v) is 2.11. The Balaban J connectivity index is 2.31. The van der Waals surface area contributed by atoms with E-state index >= 15 is 0 Å². The third kappa shape index (κ3) is 4.58. The number of carboxylic acids is 1. The minimum Gasteiger partial charge on any atom is -0.481 e. The lowest BCUT2D eigenvalue weighted by Crippen LogP contribution is -2.25. The van der Waals surface area contributed by atoms with Crippen LogP contribution < -0.4 is 5.32 Å². The van der Waals surface area contributed by atoms with Crippen LogP contribution in [0.15, 0.2) is 18.3 Å². The molecule has 1 heterocycles. The van der Waals surface area contributed by atoms with E-state index in [2.05, 4.69) is 10.3 Å². The Labute approximate surface area is 97.7 Å². The van der Waals surface area contributed by atoms with Crippen LogP contribution in [0.2, 0.25) is 0 Å². The Kier molecular flexibility index (Phi) is 5.06. The van der Waals surface area contributed by atoms with Gasteiger partial charge in [-0.25, -0.2) is 4.98 Å². The molecule has 0 aliphatic carbocycles. The highest BCUT2D eigenvalue weighted by Gasteiger charge is 2.10. The van der Waals surface area contributed by atoms with Crippen molar-refractivity contribution in [1.29, 1.82) is 0 Å². The lowest BCUT2D eigenvalue weighted by molar-refractivity contribution is -0.137. The van der Waals surface area contributed by atoms with Gasteiger partial charge in [0, 0.05) is 19.2 Å². The lowest BCUT2D eigenvalue weighted by Gasteiger charge is -2.04. The summed E-state index contributed by atoms with van der Waals surface area (Å²) in [5.74, 6) is -2.21. The Morgan fingerprint density at radius 1 is 1.41 bits per heavy atom. The van der Waals surface area contributed by atoms with Gasteiger partial charge in [-0.3, -0.25) is 9.59 Å². The molecular weight excluding hydrogens is 227 g/mol. The maximum atomic E-state index is 13.1. The first-order chi connectivity index (χ1) is 8.11. The number of carbonyl (C=O) groups excluding carboxylic acids is 1. The fourth-order valence-electron chi connectivity index (χ4n) is 1.25. The number of hydrogen-bond acceptors (Lipinski definition) is 3. The molecule has 0 saturated heterocycles. The molecule has 0 spiro atoms. The minimum absolute atomic E-state index is 0.0666. The van der Waals surface area contributed by atoms with Crippen molar-refractivity contribution in [3.8, 4) is 0 Å². The number of rotatable bonds is 6. The zero-order valence-corrected chi connectivity index (χ0v) is 9.15. The van der Waals surface area contributed by atoms with Crippen LogP contribution in [-0.4, -0.2) is 28.5 Å². The number of carboxylic acid groups (broad SMARTS) is 1. The van der Waals surface area contributed by atoms with Crippen LogP contribution in [0, 0.1) is 5.95 Å². The Morgan fingerprint density at radius 2 is 2.18 bits per heavy atom. The first-order valence-electron chi connectivity index (χ1n) is 5.22. The smallest absolute Gasteiger partial charge is 0.303 e. The van der Waals surface area contributed by atoms with E-state index in [1.807, 2.05) is 0 Å². The number of pyridine rings is 1. The van der Waals surface area contributed by atoms with Crippen LogP contribution in [-0.2, 0) is 4.79 Å². The van der Waals surface area contributed by atoms with Gasteiger partial charge in [0.1, 0.15) is 0 Å². The molecule has 0 fully saturated rings. The van der Waals surface area contributed by atoms with E-state index in [0.717, 1.165) is 0 Å². The number of aromatic nitrogens is 1. The molecule has 6 heteroatoms. The summed E-state index contributed by atoms with van der Waals surface area (Å²) >= 11 is 0. The molecule has 1 amide bonds. The van der Waals surface area contributed by atoms with Gasteiger partial charge in [0.15, 0.2) is 0 Å². The summed E-state index contributed by atoms with van der Waals surface area (Å²) in [5, 5.41) is 10.9. The van der Waals surface area contributed by atoms with Crippen molar-refractivity contribution in [3.05, 3.63) is 29.8 Å². The second kappa shape index (κ2) is 6.57. The topological polar surface area (TPSA) is 79.3 Å². The van der Waals surface area contributed by atoms with Gasteiger partial charge in [-0.05, 0) is 25.0 Å². The zero-order chi connectivity index (χ0) is 12.7. The largest absolute Gasteiger partial charge is 0.481 e. The molecule has 92 valence electrons. The first kappa shape index (κ1) is 13.1. The predicted octanol–water partition coefficient (Wildman–Crippen LogP) is 1.21. The molecule has 0 aromatic carbocycles. The molecule has 0 aliphatic heterocycles. The van der Waals surface area contributed by atoms with Crippen molar-refractivity contribution in [3.63, 3.8) is 0 Å². The lowest BCUT2D eigenvalue weighted by atomic mass is 10.2. The number of aliphatic carboxylic acids is 1. The average molecular weight is 240 g/mol. The molecule has 0 aliphatic rings. The van der Waals surface area contributed by atoms with Crippen molar-refractivity contribution in [1.82, 2.24) is 10.3 Å². The fourth-order valence-corrected chi connectivity index (χ4v) is 1.25. The van der Waals surface area contributed by atoms with Crippen molar-refractivity contribution in [2.24, 2.45) is 0 Å². The monoisotopic (exact) mass is 240 g/mol. The van der Waals surface area contributed by atoms with Gasteiger partial charge in [0.25, 0.3) is 5.91 Å². The second-order valence-electron chi connectivity index (χ2n) is 3.45. The molecule has 0 atom stereocenters. The minimum atomic E-state index is -0.866. The maximum Gasteiger partial charge on any atom is 0.303 e. The maximum absolute atomic E-state index is 13.1. The van der Waals surface area contributed by atoms with Gasteiger partial charge < -0.3 is 10.4 Å². The number of halogens is 1. The summed E-state index contributed by atoms with van der Waals surface area (Å²) in [5.41, 5.74) is -0.106. The molecular formula is C11H13FN2O3. The first-order valence-corrected chi connectivity index (χ1v) is 5.22. The summed E-state index contributed by atoms with van der Waals surface area (Å²) in [6.07, 6.45) is 2.35. The highest BCUT2D eigenvalue weighted by Crippen LogP contribution is 2.02. The Bertz CT molecular complexity index is 409. The van der Waals surface area contributed by atoms with E-state index in [9.17, 15) is 14.0 Å². The molecule has 0 radical (unpaired) electrons. The predicted molar refractivity (Wildman–Crippen MR) is 58.0 cm³/mol. The van der Waals surface area contributed by atoms with Crippen molar-refractivity contribution >= 4 is 11.9 Å². The van der Waals surface area contributed by atoms with Crippen LogP contribution >= 0.6 is 0 Å². The normalized spacial score (nSPS) is 9.94. The van der Waals surface area contributed by atoms with Crippen molar-refractivity contribution in [2.45, 2.75) is 19.3 Å². The summed E-state index contributed by atoms with van der Waals surface area (Å²) < 4.78 is 13.1. The molecule has 1 aromatic rings. The van der Waals surface area contributed by atoms with Gasteiger partial charge in [-0.1, -0.05) is 0 Å². The fraction of sp³-hybridized carbons (Fsp3) is 0.364. The van der Waals surface area contributed by atoms with Gasteiger partial charge >= 0.3 is 5.97 Å². The van der Waals surface area contributed by atoms with E-state index in [1.54, 1.807) is 0 Å². The molecule has 5 nitrogen and oxygen atoms in total.